The van der Waals surface area contributed by atoms with Gasteiger partial charge in [0.1, 0.15) is 6.29 Å². The number of rotatable bonds is 1. The molecule has 1 saturated carbocycles. The summed E-state index contributed by atoms with van der Waals surface area (Å²) in [6, 6.07) is 0.669. The van der Waals surface area contributed by atoms with Crippen LogP contribution in [0.2, 0.25) is 0 Å². The summed E-state index contributed by atoms with van der Waals surface area (Å²) < 4.78 is 0. The van der Waals surface area contributed by atoms with Crippen molar-refractivity contribution in [1.82, 2.24) is 5.32 Å². The number of nitrogens with one attached hydrogen (secondary N) is 1. The Morgan fingerprint density at radius 3 is 2.56 bits per heavy atom. The summed E-state index contributed by atoms with van der Waals surface area (Å²) >= 11 is 0. The molecule has 2 rings (SSSR count). The Morgan fingerprint density at radius 2 is 1.94 bits per heavy atom. The molecule has 0 aromatic rings. The molecule has 92 valence electrons. The molecule has 1 aliphatic carbocycles. The lowest BCUT2D eigenvalue weighted by Gasteiger charge is -2.37. The molecule has 0 bridgehead atoms. The number of carbonyl (C=O) groups is 1. The first-order chi connectivity index (χ1) is 7.34. The van der Waals surface area contributed by atoms with Gasteiger partial charge < -0.3 is 10.1 Å². The SMILES string of the molecule is CC1(C)CCC2NC(C=O)CC2C(C)(C)C1. The van der Waals surface area contributed by atoms with Crippen LogP contribution >= 0.6 is 0 Å². The average Bonchev–Trinajstić information content (AvgIpc) is 2.53. The largest absolute Gasteiger partial charge is 0.305 e. The van der Waals surface area contributed by atoms with E-state index >= 15 is 0 Å². The Labute approximate surface area is 99.2 Å². The molecule has 3 atom stereocenters. The van der Waals surface area contributed by atoms with Gasteiger partial charge in [0.2, 0.25) is 0 Å². The van der Waals surface area contributed by atoms with Crippen LogP contribution in [0.1, 0.15) is 53.4 Å². The molecule has 1 N–H and O–H groups in total. The monoisotopic (exact) mass is 223 g/mol. The molecule has 1 aliphatic heterocycles. The smallest absolute Gasteiger partial charge is 0.136 e. The molecule has 3 unspecified atom stereocenters. The zero-order valence-electron chi connectivity index (χ0n) is 11.0. The van der Waals surface area contributed by atoms with Crippen LogP contribution in [0.4, 0.5) is 0 Å². The Hall–Kier alpha value is -0.370. The van der Waals surface area contributed by atoms with E-state index in [0.717, 1.165) is 12.7 Å². The van der Waals surface area contributed by atoms with Gasteiger partial charge in [-0.1, -0.05) is 27.7 Å². The molecule has 2 aliphatic rings. The third kappa shape index (κ3) is 2.17. The van der Waals surface area contributed by atoms with Crippen molar-refractivity contribution in [2.75, 3.05) is 0 Å². The Balaban J connectivity index is 2.20. The summed E-state index contributed by atoms with van der Waals surface area (Å²) in [6.45, 7) is 9.53. The zero-order valence-corrected chi connectivity index (χ0v) is 11.0. The van der Waals surface area contributed by atoms with Crippen LogP contribution in [-0.2, 0) is 4.79 Å². The standard InChI is InChI=1S/C14H25NO/c1-13(2)6-5-12-11(14(3,4)9-13)7-10(8-16)15-12/h8,10-12,15H,5-7,9H2,1-4H3. The topological polar surface area (TPSA) is 29.1 Å². The molecule has 1 saturated heterocycles. The Kier molecular flexibility index (Phi) is 2.90. The first-order valence-electron chi connectivity index (χ1n) is 6.55. The number of carbonyl (C=O) groups excluding carboxylic acids is 1. The average molecular weight is 223 g/mol. The van der Waals surface area contributed by atoms with Crippen LogP contribution in [0.15, 0.2) is 0 Å². The van der Waals surface area contributed by atoms with E-state index in [-0.39, 0.29) is 6.04 Å². The highest BCUT2D eigenvalue weighted by molar-refractivity contribution is 5.58. The number of aldehydes is 1. The van der Waals surface area contributed by atoms with E-state index in [2.05, 4.69) is 33.0 Å². The van der Waals surface area contributed by atoms with Gasteiger partial charge in [-0.2, -0.15) is 0 Å². The minimum absolute atomic E-state index is 0.107. The van der Waals surface area contributed by atoms with Crippen LogP contribution in [0.3, 0.4) is 0 Å². The molecule has 2 fully saturated rings. The quantitative estimate of drug-likeness (QED) is 0.693. The fourth-order valence-corrected chi connectivity index (χ4v) is 4.14. The molecule has 1 heterocycles. The highest BCUT2D eigenvalue weighted by Crippen LogP contribution is 2.50. The third-order valence-corrected chi connectivity index (χ3v) is 4.66. The van der Waals surface area contributed by atoms with Gasteiger partial charge in [-0.15, -0.1) is 0 Å². The zero-order chi connectivity index (χ0) is 12.0. The van der Waals surface area contributed by atoms with Crippen molar-refractivity contribution in [3.05, 3.63) is 0 Å². The van der Waals surface area contributed by atoms with E-state index in [4.69, 9.17) is 0 Å². The van der Waals surface area contributed by atoms with E-state index in [9.17, 15) is 4.79 Å². The predicted octanol–water partition coefficient (Wildman–Crippen LogP) is 2.77. The van der Waals surface area contributed by atoms with Crippen molar-refractivity contribution in [3.8, 4) is 0 Å². The van der Waals surface area contributed by atoms with Crippen LogP contribution in [0.25, 0.3) is 0 Å². The number of fused-ring (bicyclic) bond motifs is 1. The molecule has 16 heavy (non-hydrogen) atoms. The van der Waals surface area contributed by atoms with Gasteiger partial charge >= 0.3 is 0 Å². The minimum Gasteiger partial charge on any atom is -0.305 e. The minimum atomic E-state index is 0.107. The van der Waals surface area contributed by atoms with Crippen molar-refractivity contribution in [3.63, 3.8) is 0 Å². The maximum atomic E-state index is 10.9. The summed E-state index contributed by atoms with van der Waals surface area (Å²) in [5.74, 6) is 0.671. The summed E-state index contributed by atoms with van der Waals surface area (Å²) in [4.78, 5) is 10.9. The van der Waals surface area contributed by atoms with E-state index in [1.165, 1.54) is 19.3 Å². The fourth-order valence-electron chi connectivity index (χ4n) is 4.14. The van der Waals surface area contributed by atoms with Gasteiger partial charge in [0.25, 0.3) is 0 Å². The second-order valence-electron chi connectivity index (χ2n) is 7.23. The van der Waals surface area contributed by atoms with E-state index in [0.29, 0.717) is 22.8 Å². The highest BCUT2D eigenvalue weighted by atomic mass is 16.1. The second-order valence-corrected chi connectivity index (χ2v) is 7.23. The van der Waals surface area contributed by atoms with Gasteiger partial charge in [-0.25, -0.2) is 0 Å². The van der Waals surface area contributed by atoms with Crippen molar-refractivity contribution in [2.45, 2.75) is 65.5 Å². The van der Waals surface area contributed by atoms with Crippen molar-refractivity contribution in [2.24, 2.45) is 16.7 Å². The fraction of sp³-hybridized carbons (Fsp3) is 0.929. The highest BCUT2D eigenvalue weighted by Gasteiger charge is 2.47. The van der Waals surface area contributed by atoms with E-state index < -0.39 is 0 Å². The number of hydrogen-bond acceptors (Lipinski definition) is 2. The van der Waals surface area contributed by atoms with Crippen LogP contribution in [0, 0.1) is 16.7 Å². The van der Waals surface area contributed by atoms with Gasteiger partial charge in [0.05, 0.1) is 6.04 Å². The van der Waals surface area contributed by atoms with Crippen LogP contribution in [0.5, 0.6) is 0 Å². The van der Waals surface area contributed by atoms with Crippen LogP contribution < -0.4 is 5.32 Å². The van der Waals surface area contributed by atoms with Crippen molar-refractivity contribution >= 4 is 6.29 Å². The van der Waals surface area contributed by atoms with Crippen molar-refractivity contribution in [1.29, 1.82) is 0 Å². The molecule has 0 aromatic heterocycles. The summed E-state index contributed by atoms with van der Waals surface area (Å²) in [7, 11) is 0. The molecule has 0 amide bonds. The lowest BCUT2D eigenvalue weighted by Crippen LogP contribution is -2.35. The summed E-state index contributed by atoms with van der Waals surface area (Å²) in [5.41, 5.74) is 0.807. The molecular formula is C14H25NO. The molecule has 2 heteroatoms. The maximum Gasteiger partial charge on any atom is 0.136 e. The lowest BCUT2D eigenvalue weighted by atomic mass is 9.68. The third-order valence-electron chi connectivity index (χ3n) is 4.66. The molecule has 0 spiro atoms. The first-order valence-corrected chi connectivity index (χ1v) is 6.55. The molecular weight excluding hydrogens is 198 g/mol. The summed E-state index contributed by atoms with van der Waals surface area (Å²) in [6.07, 6.45) is 5.91. The van der Waals surface area contributed by atoms with Gasteiger partial charge in [-0.3, -0.25) is 0 Å². The Morgan fingerprint density at radius 1 is 1.25 bits per heavy atom. The van der Waals surface area contributed by atoms with E-state index in [1.807, 2.05) is 0 Å². The van der Waals surface area contributed by atoms with Gasteiger partial charge in [-0.05, 0) is 42.4 Å². The first kappa shape index (κ1) is 12.1. The normalized spacial score (nSPS) is 41.1. The van der Waals surface area contributed by atoms with Crippen LogP contribution in [-0.4, -0.2) is 18.4 Å². The lowest BCUT2D eigenvalue weighted by molar-refractivity contribution is -0.109. The summed E-state index contributed by atoms with van der Waals surface area (Å²) in [5, 5.41) is 3.51. The van der Waals surface area contributed by atoms with E-state index in [1.54, 1.807) is 0 Å². The Bertz CT molecular complexity index is 282. The number of hydrogen-bond donors (Lipinski definition) is 1. The molecule has 0 aromatic carbocycles. The van der Waals surface area contributed by atoms with Gasteiger partial charge in [0, 0.05) is 6.04 Å². The van der Waals surface area contributed by atoms with Crippen molar-refractivity contribution < 1.29 is 4.79 Å². The van der Waals surface area contributed by atoms with Gasteiger partial charge in [0.15, 0.2) is 0 Å². The molecule has 2 nitrogen and oxygen atoms in total. The maximum absolute atomic E-state index is 10.9. The second kappa shape index (κ2) is 3.83. The molecule has 0 radical (unpaired) electrons. The predicted molar refractivity (Wildman–Crippen MR) is 66.3 cm³/mol.